The number of hydrogen-bond donors (Lipinski definition) is 1. The van der Waals surface area contributed by atoms with E-state index >= 15 is 0 Å². The van der Waals surface area contributed by atoms with Crippen LogP contribution in [0.5, 0.6) is 0 Å². The first-order valence-electron chi connectivity index (χ1n) is 13.1. The SMILES string of the molecule is C[C@H](NC(=O)C(C)(C)OC(=O)C1(c2ccccc2)CCCO1)[C@@H](Cc1ccc(Cl)cc1)c1cccc(C#N)c1. The Morgan fingerprint density at radius 3 is 2.46 bits per heavy atom. The van der Waals surface area contributed by atoms with E-state index in [1.165, 1.54) is 0 Å². The van der Waals surface area contributed by atoms with Gasteiger partial charge in [-0.25, -0.2) is 4.79 Å². The molecule has 0 radical (unpaired) electrons. The fourth-order valence-electron chi connectivity index (χ4n) is 4.99. The third-order valence-electron chi connectivity index (χ3n) is 7.26. The van der Waals surface area contributed by atoms with Gasteiger partial charge in [-0.2, -0.15) is 5.26 Å². The molecule has 1 unspecified atom stereocenters. The van der Waals surface area contributed by atoms with Crippen molar-refractivity contribution in [3.8, 4) is 6.07 Å². The van der Waals surface area contributed by atoms with Crippen LogP contribution >= 0.6 is 11.6 Å². The zero-order valence-electron chi connectivity index (χ0n) is 22.4. The molecule has 39 heavy (non-hydrogen) atoms. The van der Waals surface area contributed by atoms with Crippen molar-refractivity contribution in [1.29, 1.82) is 5.26 Å². The van der Waals surface area contributed by atoms with E-state index in [1.807, 2.05) is 79.7 Å². The number of nitriles is 1. The van der Waals surface area contributed by atoms with Gasteiger partial charge in [-0.3, -0.25) is 4.79 Å². The maximum absolute atomic E-state index is 13.5. The minimum atomic E-state index is -1.45. The quantitative estimate of drug-likeness (QED) is 0.330. The summed E-state index contributed by atoms with van der Waals surface area (Å²) in [7, 11) is 0. The number of nitrogens with zero attached hydrogens (tertiary/aromatic N) is 1. The maximum Gasteiger partial charge on any atom is 0.344 e. The van der Waals surface area contributed by atoms with Crippen LogP contribution in [-0.4, -0.2) is 30.1 Å². The van der Waals surface area contributed by atoms with Gasteiger partial charge in [0.05, 0.1) is 11.6 Å². The van der Waals surface area contributed by atoms with E-state index in [0.29, 0.717) is 30.0 Å². The largest absolute Gasteiger partial charge is 0.447 e. The molecule has 1 aliphatic heterocycles. The van der Waals surface area contributed by atoms with E-state index in [-0.39, 0.29) is 12.0 Å². The van der Waals surface area contributed by atoms with Gasteiger partial charge in [0.15, 0.2) is 11.2 Å². The van der Waals surface area contributed by atoms with E-state index in [2.05, 4.69) is 11.4 Å². The van der Waals surface area contributed by atoms with Crippen molar-refractivity contribution < 1.29 is 19.1 Å². The predicted octanol–water partition coefficient (Wildman–Crippen LogP) is 6.07. The first kappa shape index (κ1) is 28.4. The highest BCUT2D eigenvalue weighted by Crippen LogP contribution is 2.38. The summed E-state index contributed by atoms with van der Waals surface area (Å²) in [5.74, 6) is -1.13. The molecule has 3 aromatic rings. The molecular weight excluding hydrogens is 512 g/mol. The highest BCUT2D eigenvalue weighted by Gasteiger charge is 2.49. The Bertz CT molecular complexity index is 1340. The van der Waals surface area contributed by atoms with Gasteiger partial charge < -0.3 is 14.8 Å². The summed E-state index contributed by atoms with van der Waals surface area (Å²) in [4.78, 5) is 27.0. The molecule has 1 saturated heterocycles. The van der Waals surface area contributed by atoms with E-state index < -0.39 is 23.1 Å². The van der Waals surface area contributed by atoms with Crippen LogP contribution < -0.4 is 5.32 Å². The van der Waals surface area contributed by atoms with Crippen LogP contribution in [0.15, 0.2) is 78.9 Å². The Morgan fingerprint density at radius 2 is 1.82 bits per heavy atom. The number of halogens is 1. The molecule has 202 valence electrons. The standard InChI is InChI=1S/C32H33ClN2O4/c1-22(28(20-23-13-15-27(33)16-14-23)25-10-7-9-24(19-25)21-34)35-29(36)31(2,3)39-30(37)32(17-8-18-38-32)26-11-5-4-6-12-26/h4-7,9-16,19,22,28H,8,17-18,20H2,1-3H3,(H,35,36)/t22-,28+,32?/m0/s1. The molecule has 1 fully saturated rings. The third-order valence-corrected chi connectivity index (χ3v) is 7.51. The van der Waals surface area contributed by atoms with Gasteiger partial charge in [0.25, 0.3) is 5.91 Å². The summed E-state index contributed by atoms with van der Waals surface area (Å²) in [5.41, 5.74) is 0.565. The normalized spacial score (nSPS) is 18.5. The van der Waals surface area contributed by atoms with Crippen LogP contribution in [-0.2, 0) is 31.1 Å². The molecule has 0 spiro atoms. The molecule has 4 rings (SSSR count). The highest BCUT2D eigenvalue weighted by molar-refractivity contribution is 6.30. The summed E-state index contributed by atoms with van der Waals surface area (Å²) < 4.78 is 11.8. The van der Waals surface area contributed by atoms with Crippen LogP contribution in [0, 0.1) is 11.3 Å². The topological polar surface area (TPSA) is 88.4 Å². The lowest BCUT2D eigenvalue weighted by Crippen LogP contribution is -2.52. The monoisotopic (exact) mass is 544 g/mol. The van der Waals surface area contributed by atoms with Crippen molar-refractivity contribution >= 4 is 23.5 Å². The molecule has 1 N–H and O–H groups in total. The van der Waals surface area contributed by atoms with Gasteiger partial charge in [0.1, 0.15) is 0 Å². The van der Waals surface area contributed by atoms with Gasteiger partial charge in [0, 0.05) is 23.6 Å². The molecule has 3 aromatic carbocycles. The molecule has 1 amide bonds. The lowest BCUT2D eigenvalue weighted by atomic mass is 9.85. The third kappa shape index (κ3) is 6.50. The molecule has 0 bridgehead atoms. The minimum Gasteiger partial charge on any atom is -0.447 e. The van der Waals surface area contributed by atoms with Crippen LogP contribution in [0.25, 0.3) is 0 Å². The Labute approximate surface area is 234 Å². The Morgan fingerprint density at radius 1 is 1.10 bits per heavy atom. The van der Waals surface area contributed by atoms with Crippen molar-refractivity contribution in [3.63, 3.8) is 0 Å². The van der Waals surface area contributed by atoms with Crippen molar-refractivity contribution in [1.82, 2.24) is 5.32 Å². The van der Waals surface area contributed by atoms with Gasteiger partial charge >= 0.3 is 5.97 Å². The Kier molecular flexibility index (Phi) is 8.74. The van der Waals surface area contributed by atoms with Gasteiger partial charge in [-0.05, 0) is 81.0 Å². The van der Waals surface area contributed by atoms with Gasteiger partial charge in [0.2, 0.25) is 0 Å². The number of carbonyl (C=O) groups is 2. The van der Waals surface area contributed by atoms with Crippen molar-refractivity contribution in [2.75, 3.05) is 6.61 Å². The first-order valence-corrected chi connectivity index (χ1v) is 13.5. The average molecular weight is 545 g/mol. The maximum atomic E-state index is 13.5. The number of ether oxygens (including phenoxy) is 2. The number of benzene rings is 3. The lowest BCUT2D eigenvalue weighted by Gasteiger charge is -2.33. The smallest absolute Gasteiger partial charge is 0.344 e. The molecule has 3 atom stereocenters. The van der Waals surface area contributed by atoms with E-state index in [9.17, 15) is 14.9 Å². The predicted molar refractivity (Wildman–Crippen MR) is 150 cm³/mol. The lowest BCUT2D eigenvalue weighted by molar-refractivity contribution is -0.185. The second-order valence-corrected chi connectivity index (χ2v) is 10.9. The minimum absolute atomic E-state index is 0.149. The van der Waals surface area contributed by atoms with Crippen LogP contribution in [0.3, 0.4) is 0 Å². The second-order valence-electron chi connectivity index (χ2n) is 10.5. The summed E-state index contributed by atoms with van der Waals surface area (Å²) in [6.45, 7) is 5.54. The second kappa shape index (κ2) is 12.0. The van der Waals surface area contributed by atoms with Gasteiger partial charge in [-0.1, -0.05) is 66.2 Å². The Balaban J connectivity index is 1.53. The van der Waals surface area contributed by atoms with E-state index in [0.717, 1.165) is 23.1 Å². The number of rotatable bonds is 9. The average Bonchev–Trinajstić information content (AvgIpc) is 3.44. The number of carbonyl (C=O) groups excluding carboxylic acids is 2. The molecule has 0 saturated carbocycles. The summed E-state index contributed by atoms with van der Waals surface area (Å²) in [5, 5.41) is 13.2. The van der Waals surface area contributed by atoms with Crippen LogP contribution in [0.4, 0.5) is 0 Å². The fourth-order valence-corrected chi connectivity index (χ4v) is 5.12. The molecular formula is C32H33ClN2O4. The molecule has 6 nitrogen and oxygen atoms in total. The van der Waals surface area contributed by atoms with Gasteiger partial charge in [-0.15, -0.1) is 0 Å². The molecule has 7 heteroatoms. The zero-order valence-corrected chi connectivity index (χ0v) is 23.2. The number of nitrogens with one attached hydrogen (secondary N) is 1. The zero-order chi connectivity index (χ0) is 28.0. The molecule has 0 aromatic heterocycles. The van der Waals surface area contributed by atoms with Crippen LogP contribution in [0.2, 0.25) is 5.02 Å². The van der Waals surface area contributed by atoms with E-state index in [4.69, 9.17) is 21.1 Å². The molecule has 1 heterocycles. The van der Waals surface area contributed by atoms with Crippen molar-refractivity contribution in [2.24, 2.45) is 0 Å². The summed E-state index contributed by atoms with van der Waals surface area (Å²) in [6.07, 6.45) is 1.82. The van der Waals surface area contributed by atoms with Crippen molar-refractivity contribution in [2.45, 2.75) is 63.2 Å². The number of esters is 1. The van der Waals surface area contributed by atoms with Crippen molar-refractivity contribution in [3.05, 3.63) is 106 Å². The first-order chi connectivity index (χ1) is 18.6. The fraction of sp³-hybridized carbons (Fsp3) is 0.344. The summed E-state index contributed by atoms with van der Waals surface area (Å²) in [6, 6.07) is 26.1. The Hall–Kier alpha value is -3.66. The van der Waals surface area contributed by atoms with Crippen LogP contribution in [0.1, 0.15) is 61.8 Å². The summed E-state index contributed by atoms with van der Waals surface area (Å²) >= 11 is 6.08. The number of amides is 1. The molecule has 0 aliphatic carbocycles. The molecule has 1 aliphatic rings. The number of hydrogen-bond acceptors (Lipinski definition) is 5. The van der Waals surface area contributed by atoms with E-state index in [1.54, 1.807) is 19.9 Å². The highest BCUT2D eigenvalue weighted by atomic mass is 35.5.